The van der Waals surface area contributed by atoms with Crippen LogP contribution in [-0.2, 0) is 11.3 Å². The second kappa shape index (κ2) is 6.66. The van der Waals surface area contributed by atoms with Gasteiger partial charge in [0.1, 0.15) is 0 Å². The summed E-state index contributed by atoms with van der Waals surface area (Å²) < 4.78 is 11.3. The quantitative estimate of drug-likeness (QED) is 0.850. The van der Waals surface area contributed by atoms with E-state index >= 15 is 0 Å². The Morgan fingerprint density at radius 3 is 3.08 bits per heavy atom. The van der Waals surface area contributed by atoms with Crippen molar-refractivity contribution in [2.45, 2.75) is 19.6 Å². The Hall–Kier alpha value is -1.70. The molecule has 2 aliphatic heterocycles. The third-order valence-corrected chi connectivity index (χ3v) is 5.51. The van der Waals surface area contributed by atoms with E-state index in [-0.39, 0.29) is 12.0 Å². The number of ether oxygens (including phenoxy) is 1. The van der Waals surface area contributed by atoms with Gasteiger partial charge in [-0.2, -0.15) is 0 Å². The fourth-order valence-corrected chi connectivity index (χ4v) is 4.14. The molecule has 0 spiro atoms. The van der Waals surface area contributed by atoms with Crippen molar-refractivity contribution in [1.29, 1.82) is 0 Å². The summed E-state index contributed by atoms with van der Waals surface area (Å²) in [5.41, 5.74) is 1.12. The van der Waals surface area contributed by atoms with E-state index in [1.165, 1.54) is 6.26 Å². The molecule has 0 saturated carbocycles. The molecule has 2 fully saturated rings. The minimum Gasteiger partial charge on any atom is -0.459 e. The summed E-state index contributed by atoms with van der Waals surface area (Å²) in [6, 6.07) is 3.46. The highest BCUT2D eigenvalue weighted by Crippen LogP contribution is 2.26. The van der Waals surface area contributed by atoms with Crippen LogP contribution in [0.1, 0.15) is 21.3 Å². The van der Waals surface area contributed by atoms with Crippen molar-refractivity contribution in [3.05, 3.63) is 40.2 Å². The molecule has 24 heavy (non-hydrogen) atoms. The van der Waals surface area contributed by atoms with E-state index in [0.717, 1.165) is 36.9 Å². The number of aromatic nitrogens is 1. The second-order valence-electron chi connectivity index (χ2n) is 6.45. The summed E-state index contributed by atoms with van der Waals surface area (Å²) in [5.74, 6) is 0.700. The number of aryl methyl sites for hydroxylation is 1. The topological polar surface area (TPSA) is 58.8 Å². The number of hydrogen-bond acceptors (Lipinski definition) is 6. The average Bonchev–Trinajstić information content (AvgIpc) is 3.28. The summed E-state index contributed by atoms with van der Waals surface area (Å²) in [5, 5.41) is 3.23. The Morgan fingerprint density at radius 1 is 1.42 bits per heavy atom. The molecule has 0 radical (unpaired) electrons. The predicted molar refractivity (Wildman–Crippen MR) is 90.0 cm³/mol. The van der Waals surface area contributed by atoms with Crippen molar-refractivity contribution in [3.63, 3.8) is 0 Å². The van der Waals surface area contributed by atoms with Crippen LogP contribution in [0.3, 0.4) is 0 Å². The van der Waals surface area contributed by atoms with Gasteiger partial charge in [0, 0.05) is 44.0 Å². The number of rotatable bonds is 3. The molecular weight excluding hydrogens is 326 g/mol. The summed E-state index contributed by atoms with van der Waals surface area (Å²) in [6.07, 6.45) is 1.65. The number of likely N-dealkylation sites (tertiary alicyclic amines) is 1. The molecular formula is C17H21N3O3S. The van der Waals surface area contributed by atoms with Gasteiger partial charge >= 0.3 is 0 Å². The minimum absolute atomic E-state index is 0.0432. The largest absolute Gasteiger partial charge is 0.459 e. The molecule has 2 atom stereocenters. The minimum atomic E-state index is -0.0432. The Bertz CT molecular complexity index is 700. The fraction of sp³-hybridized carbons (Fsp3) is 0.529. The van der Waals surface area contributed by atoms with Gasteiger partial charge in [-0.15, -0.1) is 11.3 Å². The van der Waals surface area contributed by atoms with E-state index in [1.54, 1.807) is 23.5 Å². The number of fused-ring (bicyclic) bond motifs is 1. The monoisotopic (exact) mass is 347 g/mol. The van der Waals surface area contributed by atoms with Gasteiger partial charge in [-0.3, -0.25) is 9.69 Å². The van der Waals surface area contributed by atoms with E-state index in [1.807, 2.05) is 11.8 Å². The van der Waals surface area contributed by atoms with Gasteiger partial charge in [0.15, 0.2) is 5.76 Å². The molecule has 2 saturated heterocycles. The van der Waals surface area contributed by atoms with Crippen LogP contribution in [-0.4, -0.2) is 59.6 Å². The molecule has 1 amide bonds. The van der Waals surface area contributed by atoms with Crippen LogP contribution in [0.25, 0.3) is 0 Å². The number of thiazole rings is 1. The lowest BCUT2D eigenvalue weighted by Crippen LogP contribution is -2.33. The van der Waals surface area contributed by atoms with Crippen LogP contribution in [0.2, 0.25) is 0 Å². The van der Waals surface area contributed by atoms with E-state index in [0.29, 0.717) is 24.8 Å². The van der Waals surface area contributed by atoms with Crippen LogP contribution < -0.4 is 0 Å². The average molecular weight is 347 g/mol. The third-order valence-electron chi connectivity index (χ3n) is 4.68. The van der Waals surface area contributed by atoms with E-state index in [2.05, 4.69) is 15.3 Å². The Labute approximate surface area is 145 Å². The van der Waals surface area contributed by atoms with Crippen molar-refractivity contribution < 1.29 is 13.9 Å². The molecule has 2 aliphatic rings. The summed E-state index contributed by atoms with van der Waals surface area (Å²) in [6.45, 7) is 6.80. The highest BCUT2D eigenvalue weighted by Gasteiger charge is 2.39. The number of amides is 1. The molecule has 4 rings (SSSR count). The lowest BCUT2D eigenvalue weighted by Gasteiger charge is -2.22. The van der Waals surface area contributed by atoms with Crippen molar-refractivity contribution in [2.75, 3.05) is 32.8 Å². The zero-order valence-corrected chi connectivity index (χ0v) is 14.5. The molecule has 0 aliphatic carbocycles. The van der Waals surface area contributed by atoms with Gasteiger partial charge in [-0.05, 0) is 19.1 Å². The number of nitrogens with zero attached hydrogens (tertiary/aromatic N) is 3. The van der Waals surface area contributed by atoms with Crippen LogP contribution in [0.15, 0.2) is 28.2 Å². The van der Waals surface area contributed by atoms with Crippen molar-refractivity contribution in [2.24, 2.45) is 5.92 Å². The first-order chi connectivity index (χ1) is 11.7. The molecule has 0 unspecified atom stereocenters. The molecule has 0 bridgehead atoms. The SMILES string of the molecule is Cc1nc(CN2CCO[C@@H]3CN(C(=O)c4ccco4)C[C@@H]3C2)cs1. The highest BCUT2D eigenvalue weighted by atomic mass is 32.1. The normalized spacial score (nSPS) is 24.8. The first kappa shape index (κ1) is 15.8. The predicted octanol–water partition coefficient (Wildman–Crippen LogP) is 2.02. The third kappa shape index (κ3) is 3.24. The van der Waals surface area contributed by atoms with E-state index in [4.69, 9.17) is 9.15 Å². The highest BCUT2D eigenvalue weighted by molar-refractivity contribution is 7.09. The Morgan fingerprint density at radius 2 is 2.33 bits per heavy atom. The number of furan rings is 1. The molecule has 2 aromatic heterocycles. The summed E-state index contributed by atoms with van der Waals surface area (Å²) >= 11 is 1.69. The summed E-state index contributed by atoms with van der Waals surface area (Å²) in [4.78, 5) is 21.3. The van der Waals surface area contributed by atoms with Gasteiger partial charge in [0.05, 0.1) is 29.7 Å². The molecule has 7 heteroatoms. The summed E-state index contributed by atoms with van der Waals surface area (Å²) in [7, 11) is 0. The number of hydrogen-bond donors (Lipinski definition) is 0. The van der Waals surface area contributed by atoms with Crippen molar-refractivity contribution >= 4 is 17.2 Å². The molecule has 2 aromatic rings. The van der Waals surface area contributed by atoms with Crippen LogP contribution >= 0.6 is 11.3 Å². The molecule has 6 nitrogen and oxygen atoms in total. The van der Waals surface area contributed by atoms with E-state index < -0.39 is 0 Å². The Balaban J connectivity index is 1.40. The van der Waals surface area contributed by atoms with Crippen LogP contribution in [0.4, 0.5) is 0 Å². The van der Waals surface area contributed by atoms with E-state index in [9.17, 15) is 4.79 Å². The smallest absolute Gasteiger partial charge is 0.289 e. The second-order valence-corrected chi connectivity index (χ2v) is 7.51. The maximum atomic E-state index is 12.5. The van der Waals surface area contributed by atoms with Crippen molar-refractivity contribution in [3.8, 4) is 0 Å². The first-order valence-electron chi connectivity index (χ1n) is 8.27. The van der Waals surface area contributed by atoms with Crippen LogP contribution in [0, 0.1) is 12.8 Å². The van der Waals surface area contributed by atoms with Gasteiger partial charge in [0.25, 0.3) is 5.91 Å². The van der Waals surface area contributed by atoms with Gasteiger partial charge in [0.2, 0.25) is 0 Å². The van der Waals surface area contributed by atoms with Gasteiger partial charge in [-0.1, -0.05) is 0 Å². The zero-order valence-electron chi connectivity index (χ0n) is 13.7. The first-order valence-corrected chi connectivity index (χ1v) is 9.15. The lowest BCUT2D eigenvalue weighted by molar-refractivity contribution is 0.0476. The zero-order chi connectivity index (χ0) is 16.5. The molecule has 0 N–H and O–H groups in total. The fourth-order valence-electron chi connectivity index (χ4n) is 3.54. The maximum Gasteiger partial charge on any atom is 0.289 e. The van der Waals surface area contributed by atoms with Gasteiger partial charge < -0.3 is 14.1 Å². The standard InChI is InChI=1S/C17H21N3O3S/c1-12-18-14(11-24-12)9-19-4-6-23-16-10-20(8-13(16)7-19)17(21)15-3-2-5-22-15/h2-3,5,11,13,16H,4,6-10H2,1H3/t13-,16+/m0/s1. The molecule has 0 aromatic carbocycles. The molecule has 4 heterocycles. The number of carbonyl (C=O) groups excluding carboxylic acids is 1. The van der Waals surface area contributed by atoms with Crippen LogP contribution in [0.5, 0.6) is 0 Å². The number of carbonyl (C=O) groups is 1. The van der Waals surface area contributed by atoms with Crippen molar-refractivity contribution in [1.82, 2.24) is 14.8 Å². The Kier molecular flexibility index (Phi) is 4.39. The maximum absolute atomic E-state index is 12.5. The van der Waals surface area contributed by atoms with Gasteiger partial charge in [-0.25, -0.2) is 4.98 Å². The lowest BCUT2D eigenvalue weighted by atomic mass is 10.1. The molecule has 128 valence electrons.